The molecular weight excluding hydrogens is 174 g/mol. The maximum atomic E-state index is 8.66. The Balaban J connectivity index is 3.41. The van der Waals surface area contributed by atoms with Gasteiger partial charge in [0.25, 0.3) is 0 Å². The van der Waals surface area contributed by atoms with Crippen molar-refractivity contribution in [3.05, 3.63) is 18.6 Å². The molecule has 0 heterocycles. The van der Waals surface area contributed by atoms with Crippen LogP contribution in [0.3, 0.4) is 0 Å². The third kappa shape index (κ3) is 6.65. The van der Waals surface area contributed by atoms with Gasteiger partial charge in [0, 0.05) is 6.54 Å². The fourth-order valence-electron chi connectivity index (χ4n) is 0.707. The number of aliphatic hydroxyl groups is 1. The minimum atomic E-state index is -0.00903. The van der Waals surface area contributed by atoms with E-state index in [1.807, 2.05) is 13.0 Å². The van der Waals surface area contributed by atoms with Gasteiger partial charge in [-0.1, -0.05) is 25.0 Å². The van der Waals surface area contributed by atoms with Crippen LogP contribution < -0.4 is 5.32 Å². The summed E-state index contributed by atoms with van der Waals surface area (Å²) in [5.41, 5.74) is 0.950. The molecule has 0 aromatic heterocycles. The van der Waals surface area contributed by atoms with E-state index in [1.54, 1.807) is 0 Å². The smallest absolute Gasteiger partial charge is 0.0827 e. The monoisotopic (exact) mass is 190 g/mol. The van der Waals surface area contributed by atoms with E-state index in [0.29, 0.717) is 6.54 Å². The number of halogens is 1. The average molecular weight is 191 g/mol. The molecule has 0 rings (SSSR count). The molecule has 0 saturated carbocycles. The van der Waals surface area contributed by atoms with Gasteiger partial charge in [-0.05, 0) is 13.3 Å². The van der Waals surface area contributed by atoms with Crippen molar-refractivity contribution in [1.82, 2.24) is 5.32 Å². The summed E-state index contributed by atoms with van der Waals surface area (Å²) >= 11 is 5.86. The zero-order chi connectivity index (χ0) is 9.40. The second-order valence-electron chi connectivity index (χ2n) is 2.73. The fraction of sp³-hybridized carbons (Fsp3) is 0.667. The molecule has 0 amide bonds. The summed E-state index contributed by atoms with van der Waals surface area (Å²) in [5, 5.41) is 11.8. The van der Waals surface area contributed by atoms with E-state index in [0.717, 1.165) is 18.4 Å². The highest BCUT2D eigenvalue weighted by atomic mass is 35.5. The zero-order valence-corrected chi connectivity index (χ0v) is 8.27. The van der Waals surface area contributed by atoms with Crippen LogP contribution in [0.4, 0.5) is 0 Å². The van der Waals surface area contributed by atoms with E-state index in [9.17, 15) is 0 Å². The van der Waals surface area contributed by atoms with E-state index in [-0.39, 0.29) is 12.1 Å². The summed E-state index contributed by atoms with van der Waals surface area (Å²) < 4.78 is 0. The standard InChI is InChI=1S/C9H17ClNO/c1-3-4-9(10)11-6-5-8(2)7-12/h5,9,11-12H,1,3-4,6-7H2,2H3/b8-5-. The van der Waals surface area contributed by atoms with E-state index in [1.165, 1.54) is 0 Å². The van der Waals surface area contributed by atoms with Gasteiger partial charge >= 0.3 is 0 Å². The third-order valence-electron chi connectivity index (χ3n) is 1.50. The van der Waals surface area contributed by atoms with Crippen LogP contribution in [0.15, 0.2) is 11.6 Å². The Morgan fingerprint density at radius 2 is 2.42 bits per heavy atom. The normalized spacial score (nSPS) is 14.8. The van der Waals surface area contributed by atoms with Crippen molar-refractivity contribution in [3.8, 4) is 0 Å². The van der Waals surface area contributed by atoms with Gasteiger partial charge in [0.1, 0.15) is 0 Å². The molecule has 2 N–H and O–H groups in total. The molecule has 0 aliphatic carbocycles. The number of alkyl halides is 1. The largest absolute Gasteiger partial charge is 0.392 e. The van der Waals surface area contributed by atoms with Gasteiger partial charge in [-0.15, -0.1) is 11.6 Å². The van der Waals surface area contributed by atoms with Crippen molar-refractivity contribution in [3.63, 3.8) is 0 Å². The van der Waals surface area contributed by atoms with Gasteiger partial charge in [0.15, 0.2) is 0 Å². The lowest BCUT2D eigenvalue weighted by atomic mass is 10.3. The molecule has 0 bridgehead atoms. The van der Waals surface area contributed by atoms with Gasteiger partial charge in [0.2, 0.25) is 0 Å². The highest BCUT2D eigenvalue weighted by Crippen LogP contribution is 2.00. The van der Waals surface area contributed by atoms with Crippen LogP contribution in [0.5, 0.6) is 0 Å². The molecule has 71 valence electrons. The van der Waals surface area contributed by atoms with Crippen molar-refractivity contribution in [1.29, 1.82) is 0 Å². The van der Waals surface area contributed by atoms with Crippen LogP contribution in [0.25, 0.3) is 0 Å². The van der Waals surface area contributed by atoms with Crippen molar-refractivity contribution in [2.45, 2.75) is 25.3 Å². The molecular formula is C9H17ClNO. The first-order chi connectivity index (χ1) is 5.70. The molecule has 0 aromatic rings. The number of rotatable bonds is 6. The Morgan fingerprint density at radius 3 is 2.92 bits per heavy atom. The van der Waals surface area contributed by atoms with Gasteiger partial charge < -0.3 is 5.11 Å². The summed E-state index contributed by atoms with van der Waals surface area (Å²) in [6.07, 6.45) is 3.63. The van der Waals surface area contributed by atoms with Crippen LogP contribution in [0.2, 0.25) is 0 Å². The Hall–Kier alpha value is -0.0500. The quantitative estimate of drug-likeness (QED) is 0.380. The Morgan fingerprint density at radius 1 is 1.75 bits per heavy atom. The lowest BCUT2D eigenvalue weighted by molar-refractivity contribution is 0.331. The zero-order valence-electron chi connectivity index (χ0n) is 7.52. The summed E-state index contributed by atoms with van der Waals surface area (Å²) in [6.45, 7) is 6.41. The molecule has 3 heteroatoms. The van der Waals surface area contributed by atoms with Gasteiger partial charge in [-0.3, -0.25) is 5.32 Å². The topological polar surface area (TPSA) is 32.3 Å². The lowest BCUT2D eigenvalue weighted by Crippen LogP contribution is -2.23. The first-order valence-corrected chi connectivity index (χ1v) is 4.57. The molecule has 1 atom stereocenters. The summed E-state index contributed by atoms with van der Waals surface area (Å²) in [4.78, 5) is 0. The molecule has 0 aliphatic rings. The third-order valence-corrected chi connectivity index (χ3v) is 1.87. The van der Waals surface area contributed by atoms with Crippen LogP contribution in [-0.2, 0) is 0 Å². The second-order valence-corrected chi connectivity index (χ2v) is 3.25. The summed E-state index contributed by atoms with van der Waals surface area (Å²) in [6, 6.07) is 0. The molecule has 1 radical (unpaired) electrons. The lowest BCUT2D eigenvalue weighted by Gasteiger charge is -2.08. The summed E-state index contributed by atoms with van der Waals surface area (Å²) in [5.74, 6) is 0. The fourth-order valence-corrected chi connectivity index (χ4v) is 0.950. The van der Waals surface area contributed by atoms with Crippen molar-refractivity contribution in [2.24, 2.45) is 0 Å². The number of nitrogens with one attached hydrogen (secondary N) is 1. The van der Waals surface area contributed by atoms with Crippen LogP contribution >= 0.6 is 11.6 Å². The predicted molar refractivity (Wildman–Crippen MR) is 53.1 cm³/mol. The molecule has 0 fully saturated rings. The summed E-state index contributed by atoms with van der Waals surface area (Å²) in [7, 11) is 0. The molecule has 0 saturated heterocycles. The van der Waals surface area contributed by atoms with Crippen LogP contribution in [-0.4, -0.2) is 23.8 Å². The van der Waals surface area contributed by atoms with Gasteiger partial charge in [-0.2, -0.15) is 0 Å². The average Bonchev–Trinajstić information content (AvgIpc) is 2.04. The first kappa shape index (κ1) is 11.9. The highest BCUT2D eigenvalue weighted by molar-refractivity contribution is 6.20. The van der Waals surface area contributed by atoms with E-state index in [4.69, 9.17) is 16.7 Å². The minimum absolute atomic E-state index is 0.00903. The van der Waals surface area contributed by atoms with E-state index < -0.39 is 0 Å². The molecule has 1 unspecified atom stereocenters. The van der Waals surface area contributed by atoms with E-state index in [2.05, 4.69) is 12.2 Å². The molecule has 2 nitrogen and oxygen atoms in total. The first-order valence-electron chi connectivity index (χ1n) is 4.14. The maximum absolute atomic E-state index is 8.66. The Labute approximate surface area is 79.6 Å². The molecule has 0 aromatic carbocycles. The number of hydrogen-bond donors (Lipinski definition) is 2. The molecule has 12 heavy (non-hydrogen) atoms. The van der Waals surface area contributed by atoms with Crippen LogP contribution in [0.1, 0.15) is 19.8 Å². The van der Waals surface area contributed by atoms with Gasteiger partial charge in [0.05, 0.1) is 12.1 Å². The molecule has 0 spiro atoms. The minimum Gasteiger partial charge on any atom is -0.392 e. The predicted octanol–water partition coefficient (Wildman–Crippen LogP) is 1.69. The van der Waals surface area contributed by atoms with Crippen LogP contribution in [0, 0.1) is 6.92 Å². The maximum Gasteiger partial charge on any atom is 0.0827 e. The van der Waals surface area contributed by atoms with Crippen molar-refractivity contribution >= 4 is 11.6 Å². The Kier molecular flexibility index (Phi) is 7.56. The SMILES string of the molecule is [CH2]CCC(Cl)NC/C=C(/C)CO. The van der Waals surface area contributed by atoms with E-state index >= 15 is 0 Å². The Bertz CT molecular complexity index is 136. The van der Waals surface area contributed by atoms with Gasteiger partial charge in [-0.25, -0.2) is 0 Å². The molecule has 0 aliphatic heterocycles. The second kappa shape index (κ2) is 7.59. The highest BCUT2D eigenvalue weighted by Gasteiger charge is 1.98. The number of aliphatic hydroxyl groups excluding tert-OH is 1. The number of hydrogen-bond acceptors (Lipinski definition) is 2. The van der Waals surface area contributed by atoms with Crippen molar-refractivity contribution < 1.29 is 5.11 Å². The van der Waals surface area contributed by atoms with Crippen molar-refractivity contribution in [2.75, 3.05) is 13.2 Å².